The molecule has 7 aromatic carbocycles. The largest absolute Gasteiger partial charge is 0.508 e. The number of ether oxygens (including phenoxy) is 2. The van der Waals surface area contributed by atoms with Crippen molar-refractivity contribution < 1.29 is 19.7 Å². The van der Waals surface area contributed by atoms with E-state index in [1.165, 1.54) is 0 Å². The average Bonchev–Trinajstić information content (AvgIpc) is 3.70. The summed E-state index contributed by atoms with van der Waals surface area (Å²) >= 11 is 0. The van der Waals surface area contributed by atoms with Crippen molar-refractivity contribution in [2.45, 2.75) is 11.2 Å². The number of aliphatic hydroxyl groups is 2. The van der Waals surface area contributed by atoms with Crippen LogP contribution in [0.15, 0.2) is 184 Å². The van der Waals surface area contributed by atoms with Gasteiger partial charge in [0, 0.05) is 55.6 Å². The summed E-state index contributed by atoms with van der Waals surface area (Å²) in [4.78, 5) is 0. The van der Waals surface area contributed by atoms with E-state index in [0.717, 1.165) is 77.9 Å². The first-order chi connectivity index (χ1) is 29.3. The molecule has 7 aromatic rings. The molecule has 2 heterocycles. The topological polar surface area (TPSA) is 58.9 Å². The van der Waals surface area contributed by atoms with Crippen LogP contribution >= 0.6 is 0 Å². The Morgan fingerprint density at radius 1 is 0.417 bits per heavy atom. The van der Waals surface area contributed by atoms with Crippen LogP contribution in [0, 0.1) is 0 Å². The quantitative estimate of drug-likeness (QED) is 0.165. The summed E-state index contributed by atoms with van der Waals surface area (Å²) in [5, 5.41) is 21.5. The molecule has 0 amide bonds. The van der Waals surface area contributed by atoms with Gasteiger partial charge in [-0.05, 0) is 80.9 Å². The minimum absolute atomic E-state index is 0.0524. The Morgan fingerprint density at radius 3 is 1.03 bits per heavy atom. The van der Waals surface area contributed by atoms with E-state index in [1.807, 2.05) is 24.3 Å². The summed E-state index contributed by atoms with van der Waals surface area (Å²) in [6.07, 6.45) is 7.97. The lowest BCUT2D eigenvalue weighted by Gasteiger charge is -2.37. The number of hydrogen-bond acceptors (Lipinski definition) is 4. The zero-order chi connectivity index (χ0) is 40.9. The van der Waals surface area contributed by atoms with Crippen LogP contribution in [0.5, 0.6) is 11.5 Å². The Morgan fingerprint density at radius 2 is 0.733 bits per heavy atom. The molecule has 0 atom stereocenters. The van der Waals surface area contributed by atoms with Gasteiger partial charge in [-0.1, -0.05) is 160 Å². The molecule has 286 valence electrons. The van der Waals surface area contributed by atoms with Crippen molar-refractivity contribution in [3.8, 4) is 33.8 Å². The molecule has 4 nitrogen and oxygen atoms in total. The molecule has 0 bridgehead atoms. The van der Waals surface area contributed by atoms with Crippen molar-refractivity contribution in [3.63, 3.8) is 0 Å². The van der Waals surface area contributed by atoms with Crippen LogP contribution in [0.1, 0.15) is 66.8 Å². The Bertz CT molecular complexity index is 2830. The maximum absolute atomic E-state index is 10.7. The van der Waals surface area contributed by atoms with E-state index in [9.17, 15) is 10.2 Å². The number of hydrogen-bond donors (Lipinski definition) is 2. The van der Waals surface area contributed by atoms with Gasteiger partial charge in [-0.25, -0.2) is 0 Å². The highest BCUT2D eigenvalue weighted by Gasteiger charge is 2.49. The zero-order valence-corrected chi connectivity index (χ0v) is 32.7. The molecule has 0 unspecified atom stereocenters. The van der Waals surface area contributed by atoms with E-state index in [1.54, 1.807) is 12.2 Å². The smallest absolute Gasteiger partial charge is 0.179 e. The van der Waals surface area contributed by atoms with Crippen molar-refractivity contribution in [2.75, 3.05) is 0 Å². The molecule has 2 aliphatic heterocycles. The van der Waals surface area contributed by atoms with Gasteiger partial charge in [-0.2, -0.15) is 0 Å². The summed E-state index contributed by atoms with van der Waals surface area (Å²) in [6.45, 7) is 16.1. The highest BCUT2D eigenvalue weighted by atomic mass is 16.5. The molecular formula is C56H38O4. The van der Waals surface area contributed by atoms with Crippen LogP contribution in [-0.2, 0) is 11.2 Å². The number of rotatable bonds is 6. The van der Waals surface area contributed by atoms with E-state index in [4.69, 9.17) is 9.47 Å². The predicted molar refractivity (Wildman–Crippen MR) is 244 cm³/mol. The first-order valence-electron chi connectivity index (χ1n) is 20.0. The van der Waals surface area contributed by atoms with Crippen LogP contribution in [0.2, 0.25) is 0 Å². The molecule has 0 fully saturated rings. The van der Waals surface area contributed by atoms with E-state index < -0.39 is 11.2 Å². The summed E-state index contributed by atoms with van der Waals surface area (Å²) < 4.78 is 14.5. The molecule has 2 spiro atoms. The fraction of sp³-hybridized carbons (Fsp3) is 0.0357. The fourth-order valence-corrected chi connectivity index (χ4v) is 9.99. The Kier molecular flexibility index (Phi) is 7.57. The highest BCUT2D eigenvalue weighted by molar-refractivity contribution is 5.96. The minimum Gasteiger partial charge on any atom is -0.508 e. The molecule has 2 N–H and O–H groups in total. The molecular weight excluding hydrogens is 737 g/mol. The fourth-order valence-electron chi connectivity index (χ4n) is 9.99. The normalized spacial score (nSPS) is 15.1. The monoisotopic (exact) mass is 774 g/mol. The summed E-state index contributed by atoms with van der Waals surface area (Å²) in [5.41, 5.74) is 15.0. The summed E-state index contributed by atoms with van der Waals surface area (Å²) in [5.74, 6) is 1.16. The van der Waals surface area contributed by atoms with Crippen LogP contribution < -0.4 is 9.47 Å². The minimum atomic E-state index is -0.950. The molecule has 4 heteroatoms. The highest BCUT2D eigenvalue weighted by Crippen LogP contribution is 2.58. The third-order valence-corrected chi connectivity index (χ3v) is 12.6. The van der Waals surface area contributed by atoms with Crippen LogP contribution in [0.4, 0.5) is 0 Å². The maximum atomic E-state index is 10.7. The Hall–Kier alpha value is -7.82. The second kappa shape index (κ2) is 12.8. The molecule has 0 saturated heterocycles. The number of aliphatic hydroxyl groups excluding tert-OH is 2. The average molecular weight is 775 g/mol. The summed E-state index contributed by atoms with van der Waals surface area (Å²) in [7, 11) is 0. The van der Waals surface area contributed by atoms with Gasteiger partial charge in [0.1, 0.15) is 23.0 Å². The van der Waals surface area contributed by atoms with Crippen LogP contribution in [0.3, 0.4) is 0 Å². The Balaban J connectivity index is 1.14. The van der Waals surface area contributed by atoms with Gasteiger partial charge in [0.25, 0.3) is 0 Å². The molecule has 0 saturated carbocycles. The van der Waals surface area contributed by atoms with Crippen molar-refractivity contribution in [1.29, 1.82) is 0 Å². The molecule has 0 aromatic heterocycles. The van der Waals surface area contributed by atoms with Gasteiger partial charge >= 0.3 is 0 Å². The van der Waals surface area contributed by atoms with Crippen LogP contribution in [0.25, 0.3) is 57.1 Å². The van der Waals surface area contributed by atoms with Crippen molar-refractivity contribution in [2.24, 2.45) is 0 Å². The van der Waals surface area contributed by atoms with Crippen molar-refractivity contribution in [3.05, 3.63) is 251 Å². The molecule has 2 aliphatic carbocycles. The third-order valence-electron chi connectivity index (χ3n) is 12.6. The first kappa shape index (κ1) is 35.4. The maximum Gasteiger partial charge on any atom is 0.179 e. The molecule has 60 heavy (non-hydrogen) atoms. The van der Waals surface area contributed by atoms with E-state index in [2.05, 4.69) is 160 Å². The second-order valence-electron chi connectivity index (χ2n) is 15.7. The first-order valence-corrected chi connectivity index (χ1v) is 20.0. The standard InChI is InChI=1S/C56H38O4/c1-5-37-39(33(3)57)27-29-45-47(31-55(59-53(37)45)49-19-11-7-15-41(49)42-16-8-12-20-50(42)55)35-23-25-36(26-24-35)48-32-56(60-54-38(6-2)40(34(4)58)28-30-46(48)54)51-21-13-9-17-43(51)44-18-10-14-22-52(44)56/h5-32,57-58H,1-4H2. The van der Waals surface area contributed by atoms with Gasteiger partial charge in [0.2, 0.25) is 0 Å². The number of fused-ring (bicyclic) bond motifs is 12. The van der Waals surface area contributed by atoms with Gasteiger partial charge in [0.05, 0.1) is 0 Å². The second-order valence-corrected chi connectivity index (χ2v) is 15.7. The van der Waals surface area contributed by atoms with Gasteiger partial charge in [-0.15, -0.1) is 0 Å². The zero-order valence-electron chi connectivity index (χ0n) is 32.7. The van der Waals surface area contributed by atoms with E-state index >= 15 is 0 Å². The molecule has 0 radical (unpaired) electrons. The van der Waals surface area contributed by atoms with Crippen LogP contribution in [-0.4, -0.2) is 10.2 Å². The predicted octanol–water partition coefficient (Wildman–Crippen LogP) is 13.5. The van der Waals surface area contributed by atoms with Gasteiger partial charge in [-0.3, -0.25) is 0 Å². The lowest BCUT2D eigenvalue weighted by atomic mass is 9.80. The summed E-state index contributed by atoms with van der Waals surface area (Å²) in [6, 6.07) is 50.0. The Labute approximate surface area is 349 Å². The van der Waals surface area contributed by atoms with Crippen molar-refractivity contribution in [1.82, 2.24) is 0 Å². The molecule has 4 aliphatic rings. The third kappa shape index (κ3) is 4.73. The van der Waals surface area contributed by atoms with Gasteiger partial charge in [0.15, 0.2) is 11.2 Å². The molecule has 11 rings (SSSR count). The SMILES string of the molecule is C=Cc1c(C(=C)O)ccc2c1OC1(C=C2c2ccc(C3=CC4(Oc5c3ccc(C(=C)O)c5C=C)c3ccccc3-c3ccccc34)cc2)c2ccccc2-c2ccccc21. The van der Waals surface area contributed by atoms with E-state index in [0.29, 0.717) is 33.8 Å². The lowest BCUT2D eigenvalue weighted by molar-refractivity contribution is 0.164. The van der Waals surface area contributed by atoms with E-state index in [-0.39, 0.29) is 11.5 Å². The lowest BCUT2D eigenvalue weighted by Crippen LogP contribution is -2.34. The van der Waals surface area contributed by atoms with Crippen molar-refractivity contribution >= 4 is 34.8 Å². The number of benzene rings is 7. The van der Waals surface area contributed by atoms with Gasteiger partial charge < -0.3 is 19.7 Å².